The van der Waals surface area contributed by atoms with Gasteiger partial charge in [-0.15, -0.1) is 0 Å². The van der Waals surface area contributed by atoms with Crippen molar-refractivity contribution in [3.05, 3.63) is 46.7 Å². The molecule has 0 aliphatic heterocycles. The van der Waals surface area contributed by atoms with Gasteiger partial charge in [-0.1, -0.05) is 44.9 Å². The minimum atomic E-state index is -0.101. The summed E-state index contributed by atoms with van der Waals surface area (Å²) >= 11 is 6.09. The Morgan fingerprint density at radius 3 is 2.77 bits per heavy atom. The zero-order valence-corrected chi connectivity index (χ0v) is 16.6. The molecular weight excluding hydrogens is 350 g/mol. The van der Waals surface area contributed by atoms with Crippen molar-refractivity contribution in [3.63, 3.8) is 0 Å². The van der Waals surface area contributed by atoms with Gasteiger partial charge in [-0.3, -0.25) is 4.79 Å². The van der Waals surface area contributed by atoms with Gasteiger partial charge in [0.05, 0.1) is 23.1 Å². The van der Waals surface area contributed by atoms with E-state index >= 15 is 0 Å². The highest BCUT2D eigenvalue weighted by molar-refractivity contribution is 6.30. The molecule has 1 aromatic carbocycles. The van der Waals surface area contributed by atoms with Crippen LogP contribution in [0.3, 0.4) is 0 Å². The number of hydrogen-bond donors (Lipinski definition) is 1. The van der Waals surface area contributed by atoms with Crippen LogP contribution in [0.25, 0.3) is 5.69 Å². The van der Waals surface area contributed by atoms with Crippen molar-refractivity contribution < 1.29 is 9.53 Å². The summed E-state index contributed by atoms with van der Waals surface area (Å²) in [5.41, 5.74) is 2.33. The third-order valence-electron chi connectivity index (χ3n) is 4.04. The molecule has 2 aromatic rings. The van der Waals surface area contributed by atoms with Crippen LogP contribution in [0, 0.1) is 0 Å². The standard InChI is InChI=1S/C20H28ClN3O2/c1-4-5-11-26-12-7-10-22-20(25)18-14-23-24(19(18)15(2)3)17-9-6-8-16(21)13-17/h6,8-9,13-15H,4-5,7,10-12H2,1-3H3,(H,22,25). The number of nitrogens with zero attached hydrogens (tertiary/aromatic N) is 2. The summed E-state index contributed by atoms with van der Waals surface area (Å²) in [7, 11) is 0. The van der Waals surface area contributed by atoms with E-state index in [0.717, 1.165) is 37.3 Å². The Hall–Kier alpha value is -1.85. The molecule has 1 N–H and O–H groups in total. The van der Waals surface area contributed by atoms with Gasteiger partial charge in [0.1, 0.15) is 0 Å². The number of unbranched alkanes of at least 4 members (excludes halogenated alkanes) is 1. The van der Waals surface area contributed by atoms with Crippen molar-refractivity contribution in [2.45, 2.75) is 46.0 Å². The number of carbonyl (C=O) groups is 1. The quantitative estimate of drug-likeness (QED) is 0.616. The first-order valence-electron chi connectivity index (χ1n) is 9.24. The molecule has 0 spiro atoms. The van der Waals surface area contributed by atoms with E-state index in [1.807, 2.05) is 24.3 Å². The van der Waals surface area contributed by atoms with Crippen LogP contribution in [-0.2, 0) is 4.74 Å². The summed E-state index contributed by atoms with van der Waals surface area (Å²) in [4.78, 5) is 12.6. The largest absolute Gasteiger partial charge is 0.381 e. The Bertz CT molecular complexity index is 713. The predicted molar refractivity (Wildman–Crippen MR) is 105 cm³/mol. The molecule has 0 atom stereocenters. The Morgan fingerprint density at radius 2 is 2.08 bits per heavy atom. The molecule has 0 bridgehead atoms. The average molecular weight is 378 g/mol. The van der Waals surface area contributed by atoms with Crippen molar-refractivity contribution in [2.75, 3.05) is 19.8 Å². The van der Waals surface area contributed by atoms with Gasteiger partial charge in [-0.25, -0.2) is 4.68 Å². The first-order chi connectivity index (χ1) is 12.5. The zero-order valence-electron chi connectivity index (χ0n) is 15.8. The van der Waals surface area contributed by atoms with Gasteiger partial charge in [0.15, 0.2) is 0 Å². The Labute approximate surface area is 160 Å². The Morgan fingerprint density at radius 1 is 1.31 bits per heavy atom. The number of ether oxygens (including phenoxy) is 1. The molecule has 0 unspecified atom stereocenters. The summed E-state index contributed by atoms with van der Waals surface area (Å²) in [6.45, 7) is 8.28. The minimum Gasteiger partial charge on any atom is -0.381 e. The van der Waals surface area contributed by atoms with E-state index < -0.39 is 0 Å². The molecule has 5 nitrogen and oxygen atoms in total. The highest BCUT2D eigenvalue weighted by Gasteiger charge is 2.20. The van der Waals surface area contributed by atoms with Crippen LogP contribution in [-0.4, -0.2) is 35.4 Å². The number of benzene rings is 1. The van der Waals surface area contributed by atoms with E-state index in [0.29, 0.717) is 23.7 Å². The summed E-state index contributed by atoms with van der Waals surface area (Å²) < 4.78 is 7.31. The highest BCUT2D eigenvalue weighted by Crippen LogP contribution is 2.24. The topological polar surface area (TPSA) is 56.1 Å². The molecule has 142 valence electrons. The van der Waals surface area contributed by atoms with Crippen LogP contribution in [0.2, 0.25) is 5.02 Å². The number of halogens is 1. The van der Waals surface area contributed by atoms with Gasteiger partial charge < -0.3 is 10.1 Å². The smallest absolute Gasteiger partial charge is 0.254 e. The second-order valence-electron chi connectivity index (χ2n) is 6.57. The fraction of sp³-hybridized carbons (Fsp3) is 0.500. The number of carbonyl (C=O) groups excluding carboxylic acids is 1. The minimum absolute atomic E-state index is 0.101. The van der Waals surface area contributed by atoms with Crippen LogP contribution in [0.1, 0.15) is 62.0 Å². The van der Waals surface area contributed by atoms with E-state index in [4.69, 9.17) is 16.3 Å². The molecule has 1 amide bonds. The highest BCUT2D eigenvalue weighted by atomic mass is 35.5. The molecule has 1 heterocycles. The number of amides is 1. The summed E-state index contributed by atoms with van der Waals surface area (Å²) in [5.74, 6) is 0.0464. The van der Waals surface area contributed by atoms with E-state index in [9.17, 15) is 4.79 Å². The molecule has 0 radical (unpaired) electrons. The number of hydrogen-bond acceptors (Lipinski definition) is 3. The van der Waals surface area contributed by atoms with E-state index in [-0.39, 0.29) is 11.8 Å². The molecule has 26 heavy (non-hydrogen) atoms. The number of rotatable bonds is 10. The molecule has 1 aromatic heterocycles. The van der Waals surface area contributed by atoms with Crippen molar-refractivity contribution in [3.8, 4) is 5.69 Å². The molecule has 0 aliphatic carbocycles. The van der Waals surface area contributed by atoms with Gasteiger partial charge in [-0.05, 0) is 37.0 Å². The second kappa shape index (κ2) is 10.3. The maximum Gasteiger partial charge on any atom is 0.254 e. The number of aromatic nitrogens is 2. The molecule has 6 heteroatoms. The maximum absolute atomic E-state index is 12.6. The van der Waals surface area contributed by atoms with Gasteiger partial charge >= 0.3 is 0 Å². The van der Waals surface area contributed by atoms with Crippen LogP contribution in [0.5, 0.6) is 0 Å². The average Bonchev–Trinajstić information content (AvgIpc) is 3.06. The van der Waals surface area contributed by atoms with E-state index in [1.165, 1.54) is 0 Å². The Balaban J connectivity index is 2.01. The fourth-order valence-electron chi connectivity index (χ4n) is 2.72. The van der Waals surface area contributed by atoms with Crippen LogP contribution < -0.4 is 5.32 Å². The first-order valence-corrected chi connectivity index (χ1v) is 9.62. The molecular formula is C20H28ClN3O2. The van der Waals surface area contributed by atoms with Crippen molar-refractivity contribution in [1.82, 2.24) is 15.1 Å². The molecule has 0 saturated carbocycles. The van der Waals surface area contributed by atoms with E-state index in [1.54, 1.807) is 10.9 Å². The normalized spacial score (nSPS) is 11.1. The molecule has 2 rings (SSSR count). The monoisotopic (exact) mass is 377 g/mol. The first kappa shape index (κ1) is 20.5. The van der Waals surface area contributed by atoms with Gasteiger partial charge in [0.25, 0.3) is 5.91 Å². The molecule has 0 fully saturated rings. The van der Waals surface area contributed by atoms with Crippen LogP contribution in [0.15, 0.2) is 30.5 Å². The SMILES string of the molecule is CCCCOCCCNC(=O)c1cnn(-c2cccc(Cl)c2)c1C(C)C. The van der Waals surface area contributed by atoms with Crippen molar-refractivity contribution in [2.24, 2.45) is 0 Å². The number of nitrogens with one attached hydrogen (secondary N) is 1. The lowest BCUT2D eigenvalue weighted by Crippen LogP contribution is -2.26. The maximum atomic E-state index is 12.6. The lowest BCUT2D eigenvalue weighted by Gasteiger charge is -2.13. The van der Waals surface area contributed by atoms with Gasteiger partial charge in [0.2, 0.25) is 0 Å². The van der Waals surface area contributed by atoms with Crippen molar-refractivity contribution >= 4 is 17.5 Å². The van der Waals surface area contributed by atoms with Gasteiger partial charge in [0, 0.05) is 24.8 Å². The van der Waals surface area contributed by atoms with Crippen LogP contribution in [0.4, 0.5) is 0 Å². The zero-order chi connectivity index (χ0) is 18.9. The van der Waals surface area contributed by atoms with Gasteiger partial charge in [-0.2, -0.15) is 5.10 Å². The lowest BCUT2D eigenvalue weighted by molar-refractivity contribution is 0.0939. The van der Waals surface area contributed by atoms with E-state index in [2.05, 4.69) is 31.2 Å². The third-order valence-corrected chi connectivity index (χ3v) is 4.28. The lowest BCUT2D eigenvalue weighted by atomic mass is 10.0. The predicted octanol–water partition coefficient (Wildman–Crippen LogP) is 4.59. The fourth-order valence-corrected chi connectivity index (χ4v) is 2.91. The van der Waals surface area contributed by atoms with Crippen LogP contribution >= 0.6 is 11.6 Å². The molecule has 0 aliphatic rings. The third kappa shape index (κ3) is 5.58. The van der Waals surface area contributed by atoms with Crippen molar-refractivity contribution in [1.29, 1.82) is 0 Å². The summed E-state index contributed by atoms with van der Waals surface area (Å²) in [6.07, 6.45) is 4.64. The Kier molecular flexibility index (Phi) is 8.13. The summed E-state index contributed by atoms with van der Waals surface area (Å²) in [6, 6.07) is 7.47. The molecule has 0 saturated heterocycles. The summed E-state index contributed by atoms with van der Waals surface area (Å²) in [5, 5.41) is 8.02. The second-order valence-corrected chi connectivity index (χ2v) is 7.00.